The van der Waals surface area contributed by atoms with Crippen LogP contribution in [0, 0.1) is 5.92 Å². The molecule has 104 valence electrons. The first kappa shape index (κ1) is 13.8. The van der Waals surface area contributed by atoms with Crippen LogP contribution in [-0.4, -0.2) is 61.5 Å². The number of hydrogen-bond acceptors (Lipinski definition) is 3. The zero-order valence-corrected chi connectivity index (χ0v) is 11.8. The summed E-state index contributed by atoms with van der Waals surface area (Å²) in [5.41, 5.74) is 0. The SMILES string of the molecule is CCN(C(=O)CNCC1CCCN(C)C1)C1CC1. The van der Waals surface area contributed by atoms with Gasteiger partial charge in [0.05, 0.1) is 6.54 Å². The number of likely N-dealkylation sites (tertiary alicyclic amines) is 1. The number of piperidine rings is 1. The number of rotatable bonds is 6. The van der Waals surface area contributed by atoms with E-state index in [4.69, 9.17) is 0 Å². The summed E-state index contributed by atoms with van der Waals surface area (Å²) < 4.78 is 0. The number of likely N-dealkylation sites (N-methyl/N-ethyl adjacent to an activating group) is 1. The molecule has 1 heterocycles. The Hall–Kier alpha value is -0.610. The Kier molecular flexibility index (Phi) is 5.01. The molecule has 4 nitrogen and oxygen atoms in total. The summed E-state index contributed by atoms with van der Waals surface area (Å²) in [4.78, 5) is 16.4. The molecule has 0 aromatic rings. The van der Waals surface area contributed by atoms with Crippen molar-refractivity contribution in [2.24, 2.45) is 5.92 Å². The van der Waals surface area contributed by atoms with Crippen molar-refractivity contribution >= 4 is 5.91 Å². The van der Waals surface area contributed by atoms with E-state index in [1.165, 1.54) is 38.8 Å². The molecule has 2 fully saturated rings. The molecule has 18 heavy (non-hydrogen) atoms. The minimum absolute atomic E-state index is 0.282. The van der Waals surface area contributed by atoms with Crippen molar-refractivity contribution < 1.29 is 4.79 Å². The van der Waals surface area contributed by atoms with Gasteiger partial charge in [0.2, 0.25) is 5.91 Å². The Morgan fingerprint density at radius 1 is 1.39 bits per heavy atom. The summed E-state index contributed by atoms with van der Waals surface area (Å²) in [6.45, 7) is 6.83. The first-order valence-electron chi connectivity index (χ1n) is 7.39. The molecule has 1 saturated heterocycles. The molecule has 0 aromatic carbocycles. The molecule has 0 bridgehead atoms. The van der Waals surface area contributed by atoms with E-state index in [0.29, 0.717) is 18.5 Å². The van der Waals surface area contributed by atoms with E-state index < -0.39 is 0 Å². The van der Waals surface area contributed by atoms with Gasteiger partial charge < -0.3 is 15.1 Å². The van der Waals surface area contributed by atoms with Crippen molar-refractivity contribution in [3.63, 3.8) is 0 Å². The summed E-state index contributed by atoms with van der Waals surface area (Å²) in [5.74, 6) is 0.997. The van der Waals surface area contributed by atoms with Crippen LogP contribution in [0.15, 0.2) is 0 Å². The van der Waals surface area contributed by atoms with Gasteiger partial charge in [-0.15, -0.1) is 0 Å². The molecular weight excluding hydrogens is 226 g/mol. The lowest BCUT2D eigenvalue weighted by atomic mass is 9.98. The second-order valence-electron chi connectivity index (χ2n) is 5.81. The van der Waals surface area contributed by atoms with Gasteiger partial charge >= 0.3 is 0 Å². The van der Waals surface area contributed by atoms with Crippen molar-refractivity contribution in [3.8, 4) is 0 Å². The molecule has 0 spiro atoms. The van der Waals surface area contributed by atoms with Crippen LogP contribution >= 0.6 is 0 Å². The maximum atomic E-state index is 12.0. The van der Waals surface area contributed by atoms with E-state index in [9.17, 15) is 4.79 Å². The van der Waals surface area contributed by atoms with E-state index in [1.807, 2.05) is 4.90 Å². The number of amides is 1. The van der Waals surface area contributed by atoms with Gasteiger partial charge in [0.1, 0.15) is 0 Å². The molecule has 2 aliphatic rings. The lowest BCUT2D eigenvalue weighted by Gasteiger charge is -2.30. The van der Waals surface area contributed by atoms with E-state index in [1.54, 1.807) is 0 Å². The van der Waals surface area contributed by atoms with Crippen LogP contribution in [0.4, 0.5) is 0 Å². The Morgan fingerprint density at radius 2 is 2.17 bits per heavy atom. The van der Waals surface area contributed by atoms with Crippen molar-refractivity contribution in [3.05, 3.63) is 0 Å². The predicted octanol–water partition coefficient (Wildman–Crippen LogP) is 0.929. The molecule has 1 saturated carbocycles. The van der Waals surface area contributed by atoms with Crippen LogP contribution in [0.5, 0.6) is 0 Å². The normalized spacial score (nSPS) is 25.1. The van der Waals surface area contributed by atoms with Crippen LogP contribution in [0.1, 0.15) is 32.6 Å². The predicted molar refractivity (Wildman–Crippen MR) is 73.5 cm³/mol. The fourth-order valence-electron chi connectivity index (χ4n) is 2.95. The zero-order chi connectivity index (χ0) is 13.0. The minimum atomic E-state index is 0.282. The summed E-state index contributed by atoms with van der Waals surface area (Å²) >= 11 is 0. The Morgan fingerprint density at radius 3 is 2.78 bits per heavy atom. The number of nitrogens with one attached hydrogen (secondary N) is 1. The van der Waals surface area contributed by atoms with Gasteiger partial charge in [0.15, 0.2) is 0 Å². The fourth-order valence-corrected chi connectivity index (χ4v) is 2.95. The number of nitrogens with zero attached hydrogens (tertiary/aromatic N) is 2. The molecule has 1 aliphatic heterocycles. The summed E-state index contributed by atoms with van der Waals surface area (Å²) in [6, 6.07) is 0.546. The monoisotopic (exact) mass is 253 g/mol. The number of carbonyl (C=O) groups excluding carboxylic acids is 1. The highest BCUT2D eigenvalue weighted by Crippen LogP contribution is 2.26. The maximum absolute atomic E-state index is 12.0. The third-order valence-electron chi connectivity index (χ3n) is 4.08. The lowest BCUT2D eigenvalue weighted by Crippen LogP contribution is -2.42. The highest BCUT2D eigenvalue weighted by molar-refractivity contribution is 5.78. The molecule has 4 heteroatoms. The van der Waals surface area contributed by atoms with Crippen LogP contribution in [0.25, 0.3) is 0 Å². The van der Waals surface area contributed by atoms with Crippen LogP contribution < -0.4 is 5.32 Å². The van der Waals surface area contributed by atoms with Gasteiger partial charge in [-0.3, -0.25) is 4.79 Å². The van der Waals surface area contributed by atoms with E-state index >= 15 is 0 Å². The van der Waals surface area contributed by atoms with E-state index in [0.717, 1.165) is 13.1 Å². The molecule has 1 atom stereocenters. The van der Waals surface area contributed by atoms with E-state index in [-0.39, 0.29) is 5.91 Å². The van der Waals surface area contributed by atoms with Crippen LogP contribution in [-0.2, 0) is 4.79 Å². The molecule has 1 unspecified atom stereocenters. The maximum Gasteiger partial charge on any atom is 0.236 e. The van der Waals surface area contributed by atoms with Crippen molar-refractivity contribution in [2.45, 2.75) is 38.6 Å². The molecule has 0 aromatic heterocycles. The topological polar surface area (TPSA) is 35.6 Å². The van der Waals surface area contributed by atoms with Crippen LogP contribution in [0.3, 0.4) is 0 Å². The van der Waals surface area contributed by atoms with Gasteiger partial charge in [-0.2, -0.15) is 0 Å². The smallest absolute Gasteiger partial charge is 0.236 e. The first-order chi connectivity index (χ1) is 8.70. The average Bonchev–Trinajstić information content (AvgIpc) is 3.14. The average molecular weight is 253 g/mol. The first-order valence-corrected chi connectivity index (χ1v) is 7.39. The Labute approximate surface area is 111 Å². The van der Waals surface area contributed by atoms with Gasteiger partial charge in [0.25, 0.3) is 0 Å². The second-order valence-corrected chi connectivity index (χ2v) is 5.81. The highest BCUT2D eigenvalue weighted by atomic mass is 16.2. The fraction of sp³-hybridized carbons (Fsp3) is 0.929. The van der Waals surface area contributed by atoms with Gasteiger partial charge in [0, 0.05) is 19.1 Å². The quantitative estimate of drug-likeness (QED) is 0.765. The third-order valence-corrected chi connectivity index (χ3v) is 4.08. The van der Waals surface area contributed by atoms with Gasteiger partial charge in [-0.05, 0) is 58.7 Å². The molecule has 1 N–H and O–H groups in total. The molecule has 2 rings (SSSR count). The van der Waals surface area contributed by atoms with Crippen LogP contribution in [0.2, 0.25) is 0 Å². The number of hydrogen-bond donors (Lipinski definition) is 1. The molecule has 1 aliphatic carbocycles. The number of carbonyl (C=O) groups is 1. The van der Waals surface area contributed by atoms with Gasteiger partial charge in [-0.25, -0.2) is 0 Å². The summed E-state index contributed by atoms with van der Waals surface area (Å²) in [5, 5.41) is 3.36. The summed E-state index contributed by atoms with van der Waals surface area (Å²) in [7, 11) is 2.18. The minimum Gasteiger partial charge on any atom is -0.339 e. The zero-order valence-electron chi connectivity index (χ0n) is 11.8. The van der Waals surface area contributed by atoms with Crippen molar-refractivity contribution in [1.29, 1.82) is 0 Å². The summed E-state index contributed by atoms with van der Waals surface area (Å²) in [6.07, 6.45) is 4.99. The third kappa shape index (κ3) is 3.95. The molecule has 1 amide bonds. The standard InChI is InChI=1S/C14H27N3O/c1-3-17(13-6-7-13)14(18)10-15-9-12-5-4-8-16(2)11-12/h12-13,15H,3-11H2,1-2H3. The Bertz CT molecular complexity index is 278. The lowest BCUT2D eigenvalue weighted by molar-refractivity contribution is -0.130. The van der Waals surface area contributed by atoms with Crippen molar-refractivity contribution in [2.75, 3.05) is 39.8 Å². The Balaban J connectivity index is 1.63. The molecule has 0 radical (unpaired) electrons. The second kappa shape index (κ2) is 6.53. The highest BCUT2D eigenvalue weighted by Gasteiger charge is 2.30. The van der Waals surface area contributed by atoms with Gasteiger partial charge in [-0.1, -0.05) is 0 Å². The molecular formula is C14H27N3O. The van der Waals surface area contributed by atoms with Crippen molar-refractivity contribution in [1.82, 2.24) is 15.1 Å². The largest absolute Gasteiger partial charge is 0.339 e. The van der Waals surface area contributed by atoms with E-state index in [2.05, 4.69) is 24.2 Å².